The molecule has 1 saturated heterocycles. The van der Waals surface area contributed by atoms with Gasteiger partial charge >= 0.3 is 0 Å². The summed E-state index contributed by atoms with van der Waals surface area (Å²) in [7, 11) is 0. The zero-order valence-electron chi connectivity index (χ0n) is 12.0. The van der Waals surface area contributed by atoms with Crippen LogP contribution < -0.4 is 10.2 Å². The van der Waals surface area contributed by atoms with Gasteiger partial charge < -0.3 is 10.2 Å². The molecule has 1 unspecified atom stereocenters. The zero-order chi connectivity index (χ0) is 13.0. The molecule has 1 heterocycles. The molecular formula is C16H26N2. The minimum Gasteiger partial charge on any atom is -0.371 e. The Morgan fingerprint density at radius 1 is 1.39 bits per heavy atom. The highest BCUT2D eigenvalue weighted by Gasteiger charge is 2.20. The Bertz CT molecular complexity index is 387. The number of benzene rings is 1. The number of anilines is 1. The highest BCUT2D eigenvalue weighted by Crippen LogP contribution is 2.27. The Labute approximate surface area is 111 Å². The van der Waals surface area contributed by atoms with E-state index in [0.717, 1.165) is 19.0 Å². The van der Waals surface area contributed by atoms with Crippen molar-refractivity contribution in [2.45, 2.75) is 40.2 Å². The number of hydrogen-bond donors (Lipinski definition) is 1. The van der Waals surface area contributed by atoms with Gasteiger partial charge in [0.25, 0.3) is 0 Å². The SMILES string of the molecule is CCCNCc1cc(C)ccc1N1CCC(C)C1. The topological polar surface area (TPSA) is 15.3 Å². The fourth-order valence-electron chi connectivity index (χ4n) is 2.72. The van der Waals surface area contributed by atoms with Crippen LogP contribution in [0, 0.1) is 12.8 Å². The van der Waals surface area contributed by atoms with Gasteiger partial charge in [0.2, 0.25) is 0 Å². The van der Waals surface area contributed by atoms with Crippen LogP contribution in [0.2, 0.25) is 0 Å². The molecule has 0 bridgehead atoms. The molecule has 1 aromatic carbocycles. The van der Waals surface area contributed by atoms with Crippen LogP contribution in [0.25, 0.3) is 0 Å². The smallest absolute Gasteiger partial charge is 0.0412 e. The molecular weight excluding hydrogens is 220 g/mol. The molecule has 100 valence electrons. The molecule has 2 rings (SSSR count). The standard InChI is InChI=1S/C16H26N2/c1-4-8-17-11-15-10-13(2)5-6-16(15)18-9-7-14(3)12-18/h5-6,10,14,17H,4,7-9,11-12H2,1-3H3. The van der Waals surface area contributed by atoms with Crippen molar-refractivity contribution in [3.8, 4) is 0 Å². The van der Waals surface area contributed by atoms with Gasteiger partial charge in [0.1, 0.15) is 0 Å². The summed E-state index contributed by atoms with van der Waals surface area (Å²) < 4.78 is 0. The van der Waals surface area contributed by atoms with Crippen LogP contribution >= 0.6 is 0 Å². The summed E-state index contributed by atoms with van der Waals surface area (Å²) in [5, 5.41) is 3.53. The lowest BCUT2D eigenvalue weighted by molar-refractivity contribution is 0.657. The second kappa shape index (κ2) is 6.24. The van der Waals surface area contributed by atoms with E-state index in [0.29, 0.717) is 0 Å². The van der Waals surface area contributed by atoms with Crippen molar-refractivity contribution in [3.63, 3.8) is 0 Å². The lowest BCUT2D eigenvalue weighted by Crippen LogP contribution is -2.23. The molecule has 0 aromatic heterocycles. The molecule has 0 saturated carbocycles. The molecule has 2 nitrogen and oxygen atoms in total. The second-order valence-corrected chi connectivity index (χ2v) is 5.65. The Morgan fingerprint density at radius 3 is 2.89 bits per heavy atom. The summed E-state index contributed by atoms with van der Waals surface area (Å²) in [6.07, 6.45) is 2.53. The van der Waals surface area contributed by atoms with Crippen molar-refractivity contribution in [1.82, 2.24) is 5.32 Å². The van der Waals surface area contributed by atoms with Gasteiger partial charge in [0.15, 0.2) is 0 Å². The van der Waals surface area contributed by atoms with Crippen molar-refractivity contribution in [1.29, 1.82) is 0 Å². The summed E-state index contributed by atoms with van der Waals surface area (Å²) in [5.74, 6) is 0.836. The Balaban J connectivity index is 2.12. The van der Waals surface area contributed by atoms with Crippen LogP contribution in [0.4, 0.5) is 5.69 Å². The van der Waals surface area contributed by atoms with E-state index in [1.54, 1.807) is 0 Å². The average Bonchev–Trinajstić information content (AvgIpc) is 2.76. The van der Waals surface area contributed by atoms with Crippen molar-refractivity contribution in [2.75, 3.05) is 24.5 Å². The molecule has 1 aromatic rings. The zero-order valence-corrected chi connectivity index (χ0v) is 12.0. The molecule has 0 amide bonds. The first-order valence-electron chi connectivity index (χ1n) is 7.26. The summed E-state index contributed by atoms with van der Waals surface area (Å²) >= 11 is 0. The predicted octanol–water partition coefficient (Wildman–Crippen LogP) is 3.34. The molecule has 1 fully saturated rings. The first-order valence-corrected chi connectivity index (χ1v) is 7.26. The van der Waals surface area contributed by atoms with E-state index in [2.05, 4.69) is 49.2 Å². The van der Waals surface area contributed by atoms with E-state index in [1.165, 1.54) is 42.7 Å². The number of hydrogen-bond acceptors (Lipinski definition) is 2. The highest BCUT2D eigenvalue weighted by molar-refractivity contribution is 5.55. The average molecular weight is 246 g/mol. The quantitative estimate of drug-likeness (QED) is 0.802. The van der Waals surface area contributed by atoms with Gasteiger partial charge in [-0.2, -0.15) is 0 Å². The largest absolute Gasteiger partial charge is 0.371 e. The molecule has 1 N–H and O–H groups in total. The molecule has 0 spiro atoms. The minimum absolute atomic E-state index is 0.836. The third-order valence-electron chi connectivity index (χ3n) is 3.74. The van der Waals surface area contributed by atoms with Gasteiger partial charge in [0.05, 0.1) is 0 Å². The first kappa shape index (κ1) is 13.4. The minimum atomic E-state index is 0.836. The number of rotatable bonds is 5. The molecule has 1 aliphatic heterocycles. The van der Waals surface area contributed by atoms with E-state index < -0.39 is 0 Å². The summed E-state index contributed by atoms with van der Waals surface area (Å²) in [5.41, 5.74) is 4.25. The number of aryl methyl sites for hydroxylation is 1. The lowest BCUT2D eigenvalue weighted by atomic mass is 10.1. The Morgan fingerprint density at radius 2 is 2.22 bits per heavy atom. The van der Waals surface area contributed by atoms with Crippen LogP contribution in [0.5, 0.6) is 0 Å². The van der Waals surface area contributed by atoms with Crippen LogP contribution in [0.15, 0.2) is 18.2 Å². The Hall–Kier alpha value is -1.02. The van der Waals surface area contributed by atoms with E-state index in [1.807, 2.05) is 0 Å². The summed E-state index contributed by atoms with van der Waals surface area (Å²) in [6, 6.07) is 6.87. The first-order chi connectivity index (χ1) is 8.70. The van der Waals surface area contributed by atoms with Gasteiger partial charge in [-0.25, -0.2) is 0 Å². The van der Waals surface area contributed by atoms with Gasteiger partial charge in [-0.3, -0.25) is 0 Å². The van der Waals surface area contributed by atoms with Crippen molar-refractivity contribution in [3.05, 3.63) is 29.3 Å². The van der Waals surface area contributed by atoms with E-state index in [4.69, 9.17) is 0 Å². The van der Waals surface area contributed by atoms with Crippen LogP contribution in [-0.2, 0) is 6.54 Å². The summed E-state index contributed by atoms with van der Waals surface area (Å²) in [6.45, 7) is 11.3. The van der Waals surface area contributed by atoms with Gasteiger partial charge in [0, 0.05) is 25.3 Å². The normalized spacial score (nSPS) is 19.5. The van der Waals surface area contributed by atoms with Crippen LogP contribution in [0.3, 0.4) is 0 Å². The molecule has 0 aliphatic carbocycles. The molecule has 0 radical (unpaired) electrons. The molecule has 18 heavy (non-hydrogen) atoms. The third kappa shape index (κ3) is 3.26. The Kier molecular flexibility index (Phi) is 4.65. The maximum Gasteiger partial charge on any atom is 0.0412 e. The van der Waals surface area contributed by atoms with E-state index >= 15 is 0 Å². The van der Waals surface area contributed by atoms with Crippen molar-refractivity contribution >= 4 is 5.69 Å². The molecule has 1 aliphatic rings. The van der Waals surface area contributed by atoms with Gasteiger partial charge in [-0.15, -0.1) is 0 Å². The molecule has 2 heteroatoms. The second-order valence-electron chi connectivity index (χ2n) is 5.65. The van der Waals surface area contributed by atoms with Crippen molar-refractivity contribution in [2.24, 2.45) is 5.92 Å². The highest BCUT2D eigenvalue weighted by atomic mass is 15.2. The van der Waals surface area contributed by atoms with Gasteiger partial charge in [-0.1, -0.05) is 31.5 Å². The number of nitrogens with zero attached hydrogens (tertiary/aromatic N) is 1. The maximum atomic E-state index is 3.53. The number of nitrogens with one attached hydrogen (secondary N) is 1. The fraction of sp³-hybridized carbons (Fsp3) is 0.625. The van der Waals surface area contributed by atoms with E-state index in [-0.39, 0.29) is 0 Å². The third-order valence-corrected chi connectivity index (χ3v) is 3.74. The van der Waals surface area contributed by atoms with Gasteiger partial charge in [-0.05, 0) is 43.9 Å². The predicted molar refractivity (Wildman–Crippen MR) is 79.2 cm³/mol. The van der Waals surface area contributed by atoms with E-state index in [9.17, 15) is 0 Å². The molecule has 1 atom stereocenters. The van der Waals surface area contributed by atoms with Crippen LogP contribution in [0.1, 0.15) is 37.8 Å². The lowest BCUT2D eigenvalue weighted by Gasteiger charge is -2.22. The fourth-order valence-corrected chi connectivity index (χ4v) is 2.72. The summed E-state index contributed by atoms with van der Waals surface area (Å²) in [4.78, 5) is 2.55. The maximum absolute atomic E-state index is 3.53. The monoisotopic (exact) mass is 246 g/mol. The van der Waals surface area contributed by atoms with Crippen molar-refractivity contribution < 1.29 is 0 Å². The van der Waals surface area contributed by atoms with Crippen LogP contribution in [-0.4, -0.2) is 19.6 Å².